The van der Waals surface area contributed by atoms with Crippen LogP contribution in [0, 0.1) is 5.92 Å². The summed E-state index contributed by atoms with van der Waals surface area (Å²) < 4.78 is 5.09. The Morgan fingerprint density at radius 1 is 1.71 bits per heavy atom. The number of nitrogens with one attached hydrogen (secondary N) is 1. The number of rotatable bonds is 4. The van der Waals surface area contributed by atoms with Gasteiger partial charge in [0.25, 0.3) is 0 Å². The largest absolute Gasteiger partial charge is 0.384 e. The van der Waals surface area contributed by atoms with Gasteiger partial charge in [-0.2, -0.15) is 0 Å². The summed E-state index contributed by atoms with van der Waals surface area (Å²) >= 11 is 0. The van der Waals surface area contributed by atoms with Gasteiger partial charge in [-0.05, 0) is 20.4 Å². The fourth-order valence-corrected chi connectivity index (χ4v) is 1.80. The fourth-order valence-electron chi connectivity index (χ4n) is 1.80. The number of likely N-dealkylation sites (tertiary alicyclic amines) is 1. The van der Waals surface area contributed by atoms with Gasteiger partial charge >= 0.3 is 0 Å². The van der Waals surface area contributed by atoms with Crippen molar-refractivity contribution in [3.63, 3.8) is 0 Å². The minimum Gasteiger partial charge on any atom is -0.384 e. The molecule has 0 aromatic rings. The summed E-state index contributed by atoms with van der Waals surface area (Å²) in [5.74, 6) is 0.721. The summed E-state index contributed by atoms with van der Waals surface area (Å²) in [6, 6.07) is -0.0729. The van der Waals surface area contributed by atoms with Gasteiger partial charge in [0, 0.05) is 26.1 Å². The third kappa shape index (κ3) is 2.69. The quantitative estimate of drug-likeness (QED) is 0.699. The molecule has 0 aromatic carbocycles. The number of hydrogen-bond donors (Lipinski definition) is 1. The molecule has 2 atom stereocenters. The van der Waals surface area contributed by atoms with Gasteiger partial charge in [-0.15, -0.1) is 0 Å². The maximum Gasteiger partial charge on any atom is 0.239 e. The number of methoxy groups -OCH3 is 1. The highest BCUT2D eigenvalue weighted by Gasteiger charge is 2.28. The average Bonchev–Trinajstić information content (AvgIpc) is 2.64. The van der Waals surface area contributed by atoms with Crippen LogP contribution >= 0.6 is 0 Å². The fraction of sp³-hybridized carbons (Fsp3) is 0.900. The summed E-state index contributed by atoms with van der Waals surface area (Å²) in [5.41, 5.74) is 0. The third-order valence-corrected chi connectivity index (χ3v) is 2.80. The van der Waals surface area contributed by atoms with Crippen molar-refractivity contribution in [2.75, 3.05) is 33.9 Å². The molecule has 0 saturated carbocycles. The number of amides is 1. The van der Waals surface area contributed by atoms with E-state index in [1.54, 1.807) is 7.11 Å². The second kappa shape index (κ2) is 5.32. The Bertz CT molecular complexity index is 197. The molecule has 1 aliphatic rings. The topological polar surface area (TPSA) is 41.6 Å². The maximum absolute atomic E-state index is 11.7. The lowest BCUT2D eigenvalue weighted by atomic mass is 10.1. The summed E-state index contributed by atoms with van der Waals surface area (Å²) in [6.45, 7) is 4.38. The lowest BCUT2D eigenvalue weighted by molar-refractivity contribution is -0.132. The molecule has 0 bridgehead atoms. The predicted octanol–water partition coefficient (Wildman–Crippen LogP) is 0.0892. The lowest BCUT2D eigenvalue weighted by Crippen LogP contribution is -2.42. The van der Waals surface area contributed by atoms with Crippen molar-refractivity contribution in [3.05, 3.63) is 0 Å². The number of carbonyl (C=O) groups is 1. The predicted molar refractivity (Wildman–Crippen MR) is 55.1 cm³/mol. The Morgan fingerprint density at radius 3 is 3.00 bits per heavy atom. The number of nitrogens with zero attached hydrogens (tertiary/aromatic N) is 1. The Balaban J connectivity index is 2.37. The Labute approximate surface area is 85.6 Å². The van der Waals surface area contributed by atoms with E-state index in [2.05, 4.69) is 5.32 Å². The first-order valence-electron chi connectivity index (χ1n) is 5.14. The van der Waals surface area contributed by atoms with E-state index < -0.39 is 0 Å². The summed E-state index contributed by atoms with van der Waals surface area (Å²) in [5, 5.41) is 2.97. The number of ether oxygens (including phenoxy) is 1. The zero-order valence-corrected chi connectivity index (χ0v) is 9.25. The molecule has 4 nitrogen and oxygen atoms in total. The summed E-state index contributed by atoms with van der Waals surface area (Å²) in [4.78, 5) is 13.7. The molecule has 1 aliphatic heterocycles. The highest BCUT2D eigenvalue weighted by atomic mass is 16.5. The van der Waals surface area contributed by atoms with Crippen molar-refractivity contribution >= 4 is 5.91 Å². The minimum atomic E-state index is -0.0729. The zero-order chi connectivity index (χ0) is 10.6. The first-order chi connectivity index (χ1) is 6.69. The van der Waals surface area contributed by atoms with Crippen molar-refractivity contribution in [1.29, 1.82) is 0 Å². The van der Waals surface area contributed by atoms with Crippen LogP contribution in [0.1, 0.15) is 13.3 Å². The van der Waals surface area contributed by atoms with E-state index in [0.29, 0.717) is 5.92 Å². The molecule has 1 N–H and O–H groups in total. The monoisotopic (exact) mass is 200 g/mol. The van der Waals surface area contributed by atoms with Crippen LogP contribution in [-0.2, 0) is 9.53 Å². The maximum atomic E-state index is 11.7. The van der Waals surface area contributed by atoms with E-state index in [0.717, 1.165) is 26.1 Å². The zero-order valence-electron chi connectivity index (χ0n) is 9.25. The van der Waals surface area contributed by atoms with Crippen LogP contribution in [0.2, 0.25) is 0 Å². The van der Waals surface area contributed by atoms with Crippen molar-refractivity contribution < 1.29 is 9.53 Å². The number of likely N-dealkylation sites (N-methyl/N-ethyl adjacent to an activating group) is 1. The molecular weight excluding hydrogens is 180 g/mol. The van der Waals surface area contributed by atoms with E-state index >= 15 is 0 Å². The molecule has 0 spiro atoms. The molecule has 0 aromatic heterocycles. The Morgan fingerprint density at radius 2 is 2.43 bits per heavy atom. The van der Waals surface area contributed by atoms with Gasteiger partial charge in [0.05, 0.1) is 12.6 Å². The number of carbonyl (C=O) groups excluding carboxylic acids is 1. The van der Waals surface area contributed by atoms with Crippen LogP contribution in [0.5, 0.6) is 0 Å². The molecular formula is C10H20N2O2. The highest BCUT2D eigenvalue weighted by molar-refractivity contribution is 5.81. The second-order valence-corrected chi connectivity index (χ2v) is 3.90. The molecule has 1 rings (SSSR count). The van der Waals surface area contributed by atoms with Gasteiger partial charge in [0.1, 0.15) is 0 Å². The summed E-state index contributed by atoms with van der Waals surface area (Å²) in [6.07, 6.45) is 1.07. The minimum absolute atomic E-state index is 0.0729. The van der Waals surface area contributed by atoms with Gasteiger partial charge in [-0.25, -0.2) is 0 Å². The molecule has 0 aliphatic carbocycles. The Kier molecular flexibility index (Phi) is 4.35. The third-order valence-electron chi connectivity index (χ3n) is 2.80. The second-order valence-electron chi connectivity index (χ2n) is 3.90. The highest BCUT2D eigenvalue weighted by Crippen LogP contribution is 2.16. The van der Waals surface area contributed by atoms with Crippen molar-refractivity contribution in [1.82, 2.24) is 10.2 Å². The van der Waals surface area contributed by atoms with E-state index in [4.69, 9.17) is 4.74 Å². The molecule has 0 radical (unpaired) electrons. The SMILES string of the molecule is CNC(C)C(=O)N1CCC(COC)C1. The standard InChI is InChI=1S/C10H20N2O2/c1-8(11-2)10(13)12-5-4-9(6-12)7-14-3/h8-9,11H,4-7H2,1-3H3. The van der Waals surface area contributed by atoms with Crippen LogP contribution < -0.4 is 5.32 Å². The molecule has 1 saturated heterocycles. The van der Waals surface area contributed by atoms with E-state index in [-0.39, 0.29) is 11.9 Å². The van der Waals surface area contributed by atoms with Crippen LogP contribution in [0.25, 0.3) is 0 Å². The Hall–Kier alpha value is -0.610. The van der Waals surface area contributed by atoms with E-state index in [9.17, 15) is 4.79 Å². The molecule has 1 fully saturated rings. The van der Waals surface area contributed by atoms with Crippen LogP contribution in [0.4, 0.5) is 0 Å². The molecule has 4 heteroatoms. The van der Waals surface area contributed by atoms with Crippen LogP contribution in [-0.4, -0.2) is 50.7 Å². The first-order valence-corrected chi connectivity index (χ1v) is 5.14. The molecule has 82 valence electrons. The van der Waals surface area contributed by atoms with Crippen LogP contribution in [0.15, 0.2) is 0 Å². The number of hydrogen-bond acceptors (Lipinski definition) is 3. The normalized spacial score (nSPS) is 23.9. The van der Waals surface area contributed by atoms with E-state index in [1.165, 1.54) is 0 Å². The van der Waals surface area contributed by atoms with Crippen LogP contribution in [0.3, 0.4) is 0 Å². The molecule has 14 heavy (non-hydrogen) atoms. The van der Waals surface area contributed by atoms with Gasteiger partial charge < -0.3 is 15.0 Å². The summed E-state index contributed by atoms with van der Waals surface area (Å²) in [7, 11) is 3.52. The van der Waals surface area contributed by atoms with E-state index in [1.807, 2.05) is 18.9 Å². The smallest absolute Gasteiger partial charge is 0.239 e. The molecule has 1 heterocycles. The van der Waals surface area contributed by atoms with Gasteiger partial charge in [0.15, 0.2) is 0 Å². The molecule has 1 amide bonds. The molecule has 2 unspecified atom stereocenters. The average molecular weight is 200 g/mol. The van der Waals surface area contributed by atoms with Gasteiger partial charge in [-0.3, -0.25) is 4.79 Å². The van der Waals surface area contributed by atoms with Gasteiger partial charge in [0.2, 0.25) is 5.91 Å². The van der Waals surface area contributed by atoms with Crippen molar-refractivity contribution in [2.45, 2.75) is 19.4 Å². The van der Waals surface area contributed by atoms with Crippen molar-refractivity contribution in [2.24, 2.45) is 5.92 Å². The lowest BCUT2D eigenvalue weighted by Gasteiger charge is -2.20. The van der Waals surface area contributed by atoms with Crippen molar-refractivity contribution in [3.8, 4) is 0 Å². The van der Waals surface area contributed by atoms with Gasteiger partial charge in [-0.1, -0.05) is 0 Å². The first kappa shape index (κ1) is 11.5.